The minimum atomic E-state index is -1.16. The molecule has 0 bridgehead atoms. The number of benzene rings is 2. The van der Waals surface area contributed by atoms with Crippen LogP contribution in [0.3, 0.4) is 0 Å². The molecule has 3 N–H and O–H groups in total. The predicted octanol–water partition coefficient (Wildman–Crippen LogP) is 1.94. The highest BCUT2D eigenvalue weighted by atomic mass is 16.2. The third kappa shape index (κ3) is 2.37. The van der Waals surface area contributed by atoms with E-state index in [-0.39, 0.29) is 5.91 Å². The topological polar surface area (TPSA) is 55.1 Å². The molecule has 2 rings (SSSR count). The van der Waals surface area contributed by atoms with Crippen molar-refractivity contribution in [2.75, 3.05) is 7.05 Å². The number of rotatable bonds is 3. The summed E-state index contributed by atoms with van der Waals surface area (Å²) in [5.74, 6) is -0.220. The molecule has 0 aliphatic heterocycles. The lowest BCUT2D eigenvalue weighted by atomic mass is 9.82. The van der Waals surface area contributed by atoms with E-state index in [2.05, 4.69) is 5.32 Å². The van der Waals surface area contributed by atoms with Crippen LogP contribution in [-0.2, 0) is 10.3 Å². The van der Waals surface area contributed by atoms with Gasteiger partial charge in [-0.2, -0.15) is 0 Å². The first-order chi connectivity index (χ1) is 9.09. The minimum Gasteiger partial charge on any atom is -0.357 e. The summed E-state index contributed by atoms with van der Waals surface area (Å²) in [5.41, 5.74) is 7.96. The van der Waals surface area contributed by atoms with Crippen LogP contribution in [0, 0.1) is 6.92 Å². The number of nitrogens with one attached hydrogen (secondary N) is 1. The van der Waals surface area contributed by atoms with E-state index >= 15 is 0 Å². The summed E-state index contributed by atoms with van der Waals surface area (Å²) in [6.45, 7) is 2.00. The number of hydrogen-bond acceptors (Lipinski definition) is 2. The first-order valence-corrected chi connectivity index (χ1v) is 6.22. The quantitative estimate of drug-likeness (QED) is 0.879. The highest BCUT2D eigenvalue weighted by Gasteiger charge is 2.37. The number of carbonyl (C=O) groups excluding carboxylic acids is 1. The molecule has 0 saturated heterocycles. The Hall–Kier alpha value is -2.13. The maximum absolute atomic E-state index is 12.3. The zero-order valence-corrected chi connectivity index (χ0v) is 11.2. The largest absolute Gasteiger partial charge is 0.357 e. The van der Waals surface area contributed by atoms with Gasteiger partial charge >= 0.3 is 0 Å². The Morgan fingerprint density at radius 1 is 1.00 bits per heavy atom. The first kappa shape index (κ1) is 13.3. The third-order valence-corrected chi connectivity index (χ3v) is 3.32. The molecule has 0 radical (unpaired) electrons. The predicted molar refractivity (Wildman–Crippen MR) is 76.7 cm³/mol. The molecule has 3 heteroatoms. The van der Waals surface area contributed by atoms with Gasteiger partial charge in [0.15, 0.2) is 0 Å². The van der Waals surface area contributed by atoms with Crippen molar-refractivity contribution in [2.24, 2.45) is 5.73 Å². The molecular weight excluding hydrogens is 236 g/mol. The van der Waals surface area contributed by atoms with E-state index in [1.807, 2.05) is 61.5 Å². The van der Waals surface area contributed by atoms with Gasteiger partial charge in [-0.05, 0) is 18.1 Å². The van der Waals surface area contributed by atoms with Gasteiger partial charge in [0.05, 0.1) is 0 Å². The van der Waals surface area contributed by atoms with Crippen molar-refractivity contribution in [3.8, 4) is 0 Å². The van der Waals surface area contributed by atoms with Crippen molar-refractivity contribution in [2.45, 2.75) is 12.5 Å². The van der Waals surface area contributed by atoms with Gasteiger partial charge in [-0.3, -0.25) is 4.79 Å². The van der Waals surface area contributed by atoms with E-state index in [4.69, 9.17) is 5.73 Å². The van der Waals surface area contributed by atoms with Crippen LogP contribution in [0.5, 0.6) is 0 Å². The van der Waals surface area contributed by atoms with Crippen LogP contribution in [0.2, 0.25) is 0 Å². The number of likely N-dealkylation sites (N-methyl/N-ethyl adjacent to an activating group) is 1. The standard InChI is InChI=1S/C16H18N2O/c1-12-8-10-14(11-9-12)16(17,15(19)18-2)13-6-4-3-5-7-13/h3-11H,17H2,1-2H3,(H,18,19). The number of aryl methyl sites for hydroxylation is 1. The minimum absolute atomic E-state index is 0.220. The summed E-state index contributed by atoms with van der Waals surface area (Å²) >= 11 is 0. The van der Waals surface area contributed by atoms with Crippen LogP contribution in [0.1, 0.15) is 16.7 Å². The molecule has 0 saturated carbocycles. The van der Waals surface area contributed by atoms with E-state index in [9.17, 15) is 4.79 Å². The van der Waals surface area contributed by atoms with Crippen molar-refractivity contribution < 1.29 is 4.79 Å². The van der Waals surface area contributed by atoms with Gasteiger partial charge in [-0.15, -0.1) is 0 Å². The molecule has 98 valence electrons. The monoisotopic (exact) mass is 254 g/mol. The summed E-state index contributed by atoms with van der Waals surface area (Å²) in [4.78, 5) is 12.3. The lowest BCUT2D eigenvalue weighted by Crippen LogP contribution is -2.51. The second kappa shape index (κ2) is 5.24. The van der Waals surface area contributed by atoms with Crippen LogP contribution in [0.25, 0.3) is 0 Å². The van der Waals surface area contributed by atoms with Crippen molar-refractivity contribution >= 4 is 5.91 Å². The first-order valence-electron chi connectivity index (χ1n) is 6.22. The van der Waals surface area contributed by atoms with Gasteiger partial charge < -0.3 is 11.1 Å². The molecular formula is C16H18N2O. The lowest BCUT2D eigenvalue weighted by molar-refractivity contribution is -0.124. The van der Waals surface area contributed by atoms with E-state index in [0.29, 0.717) is 0 Å². The van der Waals surface area contributed by atoms with Gasteiger partial charge in [0.2, 0.25) is 5.91 Å². The van der Waals surface area contributed by atoms with Crippen LogP contribution >= 0.6 is 0 Å². The van der Waals surface area contributed by atoms with Crippen LogP contribution in [-0.4, -0.2) is 13.0 Å². The van der Waals surface area contributed by atoms with Crippen molar-refractivity contribution in [1.29, 1.82) is 0 Å². The Bertz CT molecular complexity index is 563. The molecule has 1 amide bonds. The molecule has 0 aliphatic carbocycles. The highest BCUT2D eigenvalue weighted by Crippen LogP contribution is 2.27. The normalized spacial score (nSPS) is 13.6. The Labute approximate surface area is 113 Å². The zero-order valence-electron chi connectivity index (χ0n) is 11.2. The van der Waals surface area contributed by atoms with E-state index in [1.165, 1.54) is 0 Å². The molecule has 0 fully saturated rings. The summed E-state index contributed by atoms with van der Waals surface area (Å²) < 4.78 is 0. The van der Waals surface area contributed by atoms with Crippen LogP contribution < -0.4 is 11.1 Å². The van der Waals surface area contributed by atoms with Gasteiger partial charge in [0.25, 0.3) is 0 Å². The zero-order chi connectivity index (χ0) is 13.9. The van der Waals surface area contributed by atoms with Crippen LogP contribution in [0.4, 0.5) is 0 Å². The van der Waals surface area contributed by atoms with E-state index in [1.54, 1.807) is 7.05 Å². The number of hydrogen-bond donors (Lipinski definition) is 2. The molecule has 1 unspecified atom stereocenters. The van der Waals surface area contributed by atoms with Crippen molar-refractivity contribution in [1.82, 2.24) is 5.32 Å². The number of carbonyl (C=O) groups is 1. The van der Waals surface area contributed by atoms with Crippen LogP contribution in [0.15, 0.2) is 54.6 Å². The Morgan fingerprint density at radius 3 is 2.05 bits per heavy atom. The summed E-state index contributed by atoms with van der Waals surface area (Å²) in [6, 6.07) is 17.1. The third-order valence-electron chi connectivity index (χ3n) is 3.32. The van der Waals surface area contributed by atoms with Crippen molar-refractivity contribution in [3.63, 3.8) is 0 Å². The molecule has 0 aliphatic rings. The van der Waals surface area contributed by atoms with Gasteiger partial charge in [0, 0.05) is 7.05 Å². The van der Waals surface area contributed by atoms with Gasteiger partial charge in [-0.25, -0.2) is 0 Å². The second-order valence-electron chi connectivity index (χ2n) is 4.62. The second-order valence-corrected chi connectivity index (χ2v) is 4.62. The summed E-state index contributed by atoms with van der Waals surface area (Å²) in [7, 11) is 1.60. The molecule has 0 spiro atoms. The fourth-order valence-corrected chi connectivity index (χ4v) is 2.14. The number of nitrogens with two attached hydrogens (primary N) is 1. The lowest BCUT2D eigenvalue weighted by Gasteiger charge is -2.28. The SMILES string of the molecule is CNC(=O)C(N)(c1ccccc1)c1ccc(C)cc1. The smallest absolute Gasteiger partial charge is 0.249 e. The molecule has 0 heterocycles. The Kier molecular flexibility index (Phi) is 3.67. The van der Waals surface area contributed by atoms with Gasteiger partial charge in [0.1, 0.15) is 5.54 Å². The fourth-order valence-electron chi connectivity index (χ4n) is 2.14. The van der Waals surface area contributed by atoms with Gasteiger partial charge in [-0.1, -0.05) is 60.2 Å². The fraction of sp³-hybridized carbons (Fsp3) is 0.188. The molecule has 2 aromatic rings. The maximum atomic E-state index is 12.3. The average Bonchev–Trinajstić information content (AvgIpc) is 2.47. The molecule has 2 aromatic carbocycles. The summed E-state index contributed by atoms with van der Waals surface area (Å²) in [5, 5.41) is 2.65. The summed E-state index contributed by atoms with van der Waals surface area (Å²) in [6.07, 6.45) is 0. The van der Waals surface area contributed by atoms with E-state index < -0.39 is 5.54 Å². The molecule has 19 heavy (non-hydrogen) atoms. The van der Waals surface area contributed by atoms with E-state index in [0.717, 1.165) is 16.7 Å². The molecule has 1 atom stereocenters. The Morgan fingerprint density at radius 2 is 1.53 bits per heavy atom. The maximum Gasteiger partial charge on any atom is 0.249 e. The Balaban J connectivity index is 2.58. The molecule has 3 nitrogen and oxygen atoms in total. The van der Waals surface area contributed by atoms with Crippen molar-refractivity contribution in [3.05, 3.63) is 71.3 Å². The highest BCUT2D eigenvalue weighted by molar-refractivity contribution is 5.91. The number of amides is 1. The molecule has 0 aromatic heterocycles. The average molecular weight is 254 g/mol.